The van der Waals surface area contributed by atoms with Crippen molar-refractivity contribution in [3.05, 3.63) is 35.5 Å². The number of rotatable bonds is 6. The van der Waals surface area contributed by atoms with E-state index in [0.717, 1.165) is 12.2 Å². The molecule has 0 saturated heterocycles. The summed E-state index contributed by atoms with van der Waals surface area (Å²) in [5.41, 5.74) is -0.0126. The molecule has 0 aliphatic rings. The number of hydrogen-bond acceptors (Lipinski definition) is 2. The Hall–Kier alpha value is -1.60. The molecule has 3 nitrogen and oxygen atoms in total. The fraction of sp³-hybridized carbons (Fsp3) is 0.438. The lowest BCUT2D eigenvalue weighted by molar-refractivity contribution is -0.136. The lowest BCUT2D eigenvalue weighted by atomic mass is 10.1. The molecule has 0 unspecified atom stereocenters. The highest BCUT2D eigenvalue weighted by atomic mass is 28.3. The van der Waals surface area contributed by atoms with Crippen LogP contribution < -0.4 is 0 Å². The average Bonchev–Trinajstić information content (AvgIpc) is 2.80. The fourth-order valence-electron chi connectivity index (χ4n) is 2.26. The van der Waals surface area contributed by atoms with Gasteiger partial charge in [0.25, 0.3) is 0 Å². The minimum atomic E-state index is -4.44. The predicted molar refractivity (Wildman–Crippen MR) is 86.4 cm³/mol. The van der Waals surface area contributed by atoms with Crippen LogP contribution in [0, 0.1) is 0 Å². The molecule has 0 amide bonds. The van der Waals surface area contributed by atoms with Crippen molar-refractivity contribution >= 4 is 25.3 Å². The van der Waals surface area contributed by atoms with Gasteiger partial charge in [-0.1, -0.05) is 31.8 Å². The number of benzene rings is 1. The monoisotopic (exact) mass is 343 g/mol. The Morgan fingerprint density at radius 3 is 2.52 bits per heavy atom. The second-order valence-electron chi connectivity index (χ2n) is 6.75. The zero-order valence-corrected chi connectivity index (χ0v) is 14.4. The molecule has 0 fully saturated rings. The van der Waals surface area contributed by atoms with Crippen LogP contribution >= 0.6 is 0 Å². The SMILES string of the molecule is C[Si](C)(C)CCOCn1cc(C(F)(F)F)c2ccc(C=O)cc21. The van der Waals surface area contributed by atoms with Gasteiger partial charge in [-0.25, -0.2) is 0 Å². The Labute approximate surface area is 134 Å². The molecule has 1 aromatic heterocycles. The Balaban J connectivity index is 2.29. The van der Waals surface area contributed by atoms with Gasteiger partial charge in [-0.3, -0.25) is 4.79 Å². The van der Waals surface area contributed by atoms with E-state index in [2.05, 4.69) is 19.6 Å². The quantitative estimate of drug-likeness (QED) is 0.429. The van der Waals surface area contributed by atoms with Crippen molar-refractivity contribution in [2.75, 3.05) is 6.61 Å². The van der Waals surface area contributed by atoms with Crippen LogP contribution in [0.15, 0.2) is 24.4 Å². The first-order valence-electron chi connectivity index (χ1n) is 7.35. The number of ether oxygens (including phenoxy) is 1. The number of hydrogen-bond donors (Lipinski definition) is 0. The van der Waals surface area contributed by atoms with E-state index in [1.807, 2.05) is 0 Å². The van der Waals surface area contributed by atoms with Crippen molar-refractivity contribution in [1.29, 1.82) is 0 Å². The molecule has 0 spiro atoms. The van der Waals surface area contributed by atoms with Crippen LogP contribution in [0.5, 0.6) is 0 Å². The lowest BCUT2D eigenvalue weighted by Gasteiger charge is -2.15. The smallest absolute Gasteiger partial charge is 0.361 e. The lowest BCUT2D eigenvalue weighted by Crippen LogP contribution is -2.22. The second kappa shape index (κ2) is 6.49. The summed E-state index contributed by atoms with van der Waals surface area (Å²) in [5.74, 6) is 0. The van der Waals surface area contributed by atoms with Gasteiger partial charge in [0.1, 0.15) is 13.0 Å². The molecule has 2 rings (SSSR count). The first kappa shape index (κ1) is 17.7. The number of halogens is 3. The second-order valence-corrected chi connectivity index (χ2v) is 12.4. The van der Waals surface area contributed by atoms with E-state index in [1.54, 1.807) is 0 Å². The van der Waals surface area contributed by atoms with Crippen LogP contribution in [0.3, 0.4) is 0 Å². The molecule has 0 aliphatic heterocycles. The maximum Gasteiger partial charge on any atom is 0.418 e. The zero-order valence-electron chi connectivity index (χ0n) is 13.4. The van der Waals surface area contributed by atoms with Crippen molar-refractivity contribution < 1.29 is 22.7 Å². The first-order chi connectivity index (χ1) is 10.6. The van der Waals surface area contributed by atoms with Crippen molar-refractivity contribution in [3.63, 3.8) is 0 Å². The maximum atomic E-state index is 13.1. The maximum absolute atomic E-state index is 13.1. The van der Waals surface area contributed by atoms with Crippen LogP contribution in [0.4, 0.5) is 13.2 Å². The van der Waals surface area contributed by atoms with E-state index in [9.17, 15) is 18.0 Å². The normalized spacial score (nSPS) is 12.8. The standard InChI is InChI=1S/C16H20F3NO2Si/c1-23(2,3)7-6-22-11-20-9-14(16(17,18)19)13-5-4-12(10-21)8-15(13)20/h4-5,8-10H,6-7,11H2,1-3H3. The number of alkyl halides is 3. The van der Waals surface area contributed by atoms with Gasteiger partial charge in [0.15, 0.2) is 0 Å². The average molecular weight is 343 g/mol. The van der Waals surface area contributed by atoms with E-state index in [4.69, 9.17) is 4.74 Å². The van der Waals surface area contributed by atoms with E-state index >= 15 is 0 Å². The van der Waals surface area contributed by atoms with Crippen molar-refractivity contribution in [2.24, 2.45) is 0 Å². The summed E-state index contributed by atoms with van der Waals surface area (Å²) in [5, 5.41) is 0.0805. The van der Waals surface area contributed by atoms with Gasteiger partial charge in [-0.2, -0.15) is 13.2 Å². The highest BCUT2D eigenvalue weighted by molar-refractivity contribution is 6.76. The minimum absolute atomic E-state index is 0.0410. The summed E-state index contributed by atoms with van der Waals surface area (Å²) in [6.45, 7) is 7.18. The summed E-state index contributed by atoms with van der Waals surface area (Å²) < 4.78 is 46.4. The number of aromatic nitrogens is 1. The Morgan fingerprint density at radius 2 is 1.96 bits per heavy atom. The molecule has 126 valence electrons. The Morgan fingerprint density at radius 1 is 1.26 bits per heavy atom. The predicted octanol–water partition coefficient (Wildman–Crippen LogP) is 4.78. The summed E-state index contributed by atoms with van der Waals surface area (Å²) >= 11 is 0. The van der Waals surface area contributed by atoms with Gasteiger partial charge >= 0.3 is 6.18 Å². The van der Waals surface area contributed by atoms with E-state index in [1.165, 1.54) is 22.8 Å². The summed E-state index contributed by atoms with van der Waals surface area (Å²) in [4.78, 5) is 10.9. The third-order valence-electron chi connectivity index (χ3n) is 3.57. The highest BCUT2D eigenvalue weighted by Crippen LogP contribution is 2.36. The number of nitrogens with zero attached hydrogens (tertiary/aromatic N) is 1. The van der Waals surface area contributed by atoms with Gasteiger partial charge in [0.2, 0.25) is 0 Å². The van der Waals surface area contributed by atoms with Crippen molar-refractivity contribution in [3.8, 4) is 0 Å². The summed E-state index contributed by atoms with van der Waals surface area (Å²) in [6, 6.07) is 5.12. The Bertz CT molecular complexity index is 702. The van der Waals surface area contributed by atoms with E-state index in [0.29, 0.717) is 24.0 Å². The van der Waals surface area contributed by atoms with Gasteiger partial charge < -0.3 is 9.30 Å². The molecule has 0 atom stereocenters. The molecule has 2 aromatic rings. The molecule has 0 aliphatic carbocycles. The molecule has 1 aromatic carbocycles. The van der Waals surface area contributed by atoms with Crippen LogP contribution in [0.2, 0.25) is 25.7 Å². The number of fused-ring (bicyclic) bond motifs is 1. The van der Waals surface area contributed by atoms with Gasteiger partial charge in [0, 0.05) is 31.8 Å². The largest absolute Gasteiger partial charge is 0.418 e. The molecule has 0 radical (unpaired) electrons. The first-order valence-corrected chi connectivity index (χ1v) is 11.1. The molecular formula is C16H20F3NO2Si. The summed E-state index contributed by atoms with van der Waals surface area (Å²) in [7, 11) is -1.25. The zero-order chi connectivity index (χ0) is 17.3. The van der Waals surface area contributed by atoms with Gasteiger partial charge in [-0.15, -0.1) is 0 Å². The van der Waals surface area contributed by atoms with Gasteiger partial charge in [0.05, 0.1) is 11.1 Å². The molecule has 0 saturated carbocycles. The number of aldehydes is 1. The molecule has 0 N–H and O–H groups in total. The van der Waals surface area contributed by atoms with E-state index < -0.39 is 19.8 Å². The van der Waals surface area contributed by atoms with E-state index in [-0.39, 0.29) is 12.1 Å². The van der Waals surface area contributed by atoms with Crippen LogP contribution in [0.25, 0.3) is 10.9 Å². The Kier molecular flexibility index (Phi) is 5.00. The molecule has 1 heterocycles. The minimum Gasteiger partial charge on any atom is -0.361 e. The molecular weight excluding hydrogens is 323 g/mol. The van der Waals surface area contributed by atoms with Crippen molar-refractivity contribution in [2.45, 2.75) is 38.6 Å². The fourth-order valence-corrected chi connectivity index (χ4v) is 3.01. The van der Waals surface area contributed by atoms with Crippen LogP contribution in [-0.2, 0) is 17.6 Å². The van der Waals surface area contributed by atoms with Crippen LogP contribution in [-0.4, -0.2) is 25.5 Å². The molecule has 23 heavy (non-hydrogen) atoms. The van der Waals surface area contributed by atoms with Gasteiger partial charge in [-0.05, 0) is 12.1 Å². The molecule has 0 bridgehead atoms. The highest BCUT2D eigenvalue weighted by Gasteiger charge is 2.34. The summed E-state index contributed by atoms with van der Waals surface area (Å²) in [6.07, 6.45) is -2.77. The topological polar surface area (TPSA) is 31.2 Å². The number of carbonyl (C=O) groups excluding carboxylic acids is 1. The third-order valence-corrected chi connectivity index (χ3v) is 5.28. The molecule has 7 heteroatoms. The third kappa shape index (κ3) is 4.45. The van der Waals surface area contributed by atoms with Crippen molar-refractivity contribution in [1.82, 2.24) is 4.57 Å². The number of carbonyl (C=O) groups is 1. The van der Waals surface area contributed by atoms with Crippen LogP contribution in [0.1, 0.15) is 15.9 Å².